The van der Waals surface area contributed by atoms with Crippen LogP contribution in [0.5, 0.6) is 11.5 Å². The normalized spacial score (nSPS) is 15.1. The molecule has 2 heterocycles. The van der Waals surface area contributed by atoms with Crippen molar-refractivity contribution >= 4 is 23.1 Å². The van der Waals surface area contributed by atoms with Crippen LogP contribution < -0.4 is 14.4 Å². The van der Waals surface area contributed by atoms with Gasteiger partial charge in [-0.3, -0.25) is 9.59 Å². The van der Waals surface area contributed by atoms with Gasteiger partial charge in [0.1, 0.15) is 5.70 Å². The summed E-state index contributed by atoms with van der Waals surface area (Å²) in [5.74, 6) is 0.328. The lowest BCUT2D eigenvalue weighted by atomic mass is 9.97. The number of aryl methyl sites for hydroxylation is 2. The maximum Gasteiger partial charge on any atom is 0.282 e. The molecule has 0 aliphatic carbocycles. The van der Waals surface area contributed by atoms with Crippen molar-refractivity contribution in [1.82, 2.24) is 4.90 Å². The van der Waals surface area contributed by atoms with Gasteiger partial charge in [-0.2, -0.15) is 0 Å². The van der Waals surface area contributed by atoms with Crippen molar-refractivity contribution in [2.75, 3.05) is 52.2 Å². The summed E-state index contributed by atoms with van der Waals surface area (Å²) in [6.07, 6.45) is 0. The number of anilines is 1. The molecule has 0 unspecified atom stereocenters. The van der Waals surface area contributed by atoms with Crippen LogP contribution in [0.2, 0.25) is 0 Å². The van der Waals surface area contributed by atoms with Crippen molar-refractivity contribution < 1.29 is 28.5 Å². The Morgan fingerprint density at radius 3 is 2.27 bits per heavy atom. The number of hydrogen-bond donors (Lipinski definition) is 0. The zero-order valence-electron chi connectivity index (χ0n) is 19.3. The van der Waals surface area contributed by atoms with Crippen LogP contribution in [0, 0.1) is 13.8 Å². The number of carbonyl (C=O) groups is 2. The molecule has 2 aromatic rings. The van der Waals surface area contributed by atoms with Gasteiger partial charge < -0.3 is 23.8 Å². The highest BCUT2D eigenvalue weighted by atomic mass is 16.7. The zero-order chi connectivity index (χ0) is 23.5. The maximum absolute atomic E-state index is 13.8. The molecular weight excluding hydrogens is 424 g/mol. The summed E-state index contributed by atoms with van der Waals surface area (Å²) in [5, 5.41) is 0. The number of ether oxygens (including phenoxy) is 4. The lowest BCUT2D eigenvalue weighted by Gasteiger charge is -2.26. The van der Waals surface area contributed by atoms with Gasteiger partial charge in [0.2, 0.25) is 6.79 Å². The van der Waals surface area contributed by atoms with Gasteiger partial charge in [-0.1, -0.05) is 23.8 Å². The maximum atomic E-state index is 13.8. The minimum Gasteiger partial charge on any atom is -0.454 e. The van der Waals surface area contributed by atoms with E-state index in [-0.39, 0.29) is 18.6 Å². The Kier molecular flexibility index (Phi) is 6.67. The van der Waals surface area contributed by atoms with E-state index >= 15 is 0 Å². The molecule has 8 heteroatoms. The molecule has 0 fully saturated rings. The third-order valence-corrected chi connectivity index (χ3v) is 5.77. The van der Waals surface area contributed by atoms with E-state index in [9.17, 15) is 9.59 Å². The summed E-state index contributed by atoms with van der Waals surface area (Å²) in [4.78, 5) is 30.7. The zero-order valence-corrected chi connectivity index (χ0v) is 19.3. The van der Waals surface area contributed by atoms with Gasteiger partial charge in [-0.05, 0) is 37.1 Å². The summed E-state index contributed by atoms with van der Waals surface area (Å²) < 4.78 is 21.4. The van der Waals surface area contributed by atoms with Crippen LogP contribution in [0.3, 0.4) is 0 Å². The van der Waals surface area contributed by atoms with E-state index in [1.54, 1.807) is 32.4 Å². The second-order valence-corrected chi connectivity index (χ2v) is 8.00. The number of methoxy groups -OCH3 is 2. The first kappa shape index (κ1) is 22.8. The number of hydrogen-bond acceptors (Lipinski definition) is 7. The molecule has 174 valence electrons. The van der Waals surface area contributed by atoms with E-state index in [4.69, 9.17) is 18.9 Å². The Morgan fingerprint density at radius 2 is 1.61 bits per heavy atom. The number of carbonyl (C=O) groups excluding carboxylic acids is 2. The van der Waals surface area contributed by atoms with E-state index in [0.29, 0.717) is 54.8 Å². The lowest BCUT2D eigenvalue weighted by molar-refractivity contribution is -0.120. The fraction of sp³-hybridized carbons (Fsp3) is 0.360. The highest BCUT2D eigenvalue weighted by Gasteiger charge is 2.43. The van der Waals surface area contributed by atoms with Gasteiger partial charge in [0, 0.05) is 33.4 Å². The molecule has 2 aliphatic heterocycles. The predicted octanol–water partition coefficient (Wildman–Crippen LogP) is 2.91. The van der Waals surface area contributed by atoms with Crippen LogP contribution >= 0.6 is 0 Å². The van der Waals surface area contributed by atoms with Gasteiger partial charge in [-0.15, -0.1) is 0 Å². The second kappa shape index (κ2) is 9.64. The Labute approximate surface area is 193 Å². The molecule has 0 atom stereocenters. The fourth-order valence-electron chi connectivity index (χ4n) is 4.15. The van der Waals surface area contributed by atoms with Crippen molar-refractivity contribution in [3.05, 3.63) is 58.8 Å². The number of nitrogens with zero attached hydrogens (tertiary/aromatic N) is 2. The van der Waals surface area contributed by atoms with Crippen LogP contribution in [0.1, 0.15) is 16.7 Å². The second-order valence-electron chi connectivity index (χ2n) is 8.00. The predicted molar refractivity (Wildman–Crippen MR) is 123 cm³/mol. The highest BCUT2D eigenvalue weighted by molar-refractivity contribution is 6.45. The van der Waals surface area contributed by atoms with Gasteiger partial charge >= 0.3 is 0 Å². The molecule has 0 aromatic heterocycles. The average molecular weight is 453 g/mol. The van der Waals surface area contributed by atoms with E-state index in [1.165, 1.54) is 4.90 Å². The third kappa shape index (κ3) is 4.31. The first-order chi connectivity index (χ1) is 16.0. The Balaban J connectivity index is 1.83. The molecule has 4 rings (SSSR count). The van der Waals surface area contributed by atoms with E-state index in [1.807, 2.05) is 36.9 Å². The Hall–Kier alpha value is -3.36. The average Bonchev–Trinajstić information content (AvgIpc) is 3.36. The van der Waals surface area contributed by atoms with Crippen molar-refractivity contribution in [1.29, 1.82) is 0 Å². The molecule has 33 heavy (non-hydrogen) atoms. The standard InChI is InChI=1S/C25H28N2O6/c1-16-5-7-19(17(2)13-16)22-23(26(9-11-30-3)10-12-31-4)25(29)27(24(22)28)18-6-8-20-21(14-18)33-15-32-20/h5-8,13-14H,9-12,15H2,1-4H3. The molecule has 0 N–H and O–H groups in total. The quantitative estimate of drug-likeness (QED) is 0.542. The highest BCUT2D eigenvalue weighted by Crippen LogP contribution is 2.40. The largest absolute Gasteiger partial charge is 0.454 e. The Morgan fingerprint density at radius 1 is 0.909 bits per heavy atom. The van der Waals surface area contributed by atoms with Crippen LogP contribution in [0.25, 0.3) is 5.57 Å². The molecular formula is C25H28N2O6. The minimum absolute atomic E-state index is 0.111. The van der Waals surface area contributed by atoms with Gasteiger partial charge in [0.25, 0.3) is 11.8 Å². The fourth-order valence-corrected chi connectivity index (χ4v) is 4.15. The van der Waals surface area contributed by atoms with Crippen LogP contribution in [0.15, 0.2) is 42.1 Å². The molecule has 2 aliphatic rings. The van der Waals surface area contributed by atoms with E-state index in [2.05, 4.69) is 0 Å². The molecule has 0 radical (unpaired) electrons. The van der Waals surface area contributed by atoms with E-state index in [0.717, 1.165) is 16.7 Å². The molecule has 2 aromatic carbocycles. The van der Waals surface area contributed by atoms with Crippen LogP contribution in [0.4, 0.5) is 5.69 Å². The number of benzene rings is 2. The molecule has 0 bridgehead atoms. The lowest BCUT2D eigenvalue weighted by Crippen LogP contribution is -2.37. The van der Waals surface area contributed by atoms with Crippen molar-refractivity contribution in [3.63, 3.8) is 0 Å². The van der Waals surface area contributed by atoms with Gasteiger partial charge in [0.05, 0.1) is 24.5 Å². The van der Waals surface area contributed by atoms with Gasteiger partial charge in [-0.25, -0.2) is 4.90 Å². The smallest absolute Gasteiger partial charge is 0.282 e. The first-order valence-electron chi connectivity index (χ1n) is 10.8. The number of fused-ring (bicyclic) bond motifs is 1. The number of rotatable bonds is 9. The molecule has 0 spiro atoms. The summed E-state index contributed by atoms with van der Waals surface area (Å²) in [7, 11) is 3.21. The summed E-state index contributed by atoms with van der Waals surface area (Å²) in [6.45, 7) is 5.74. The van der Waals surface area contributed by atoms with Crippen molar-refractivity contribution in [2.24, 2.45) is 0 Å². The Bertz CT molecular complexity index is 1100. The molecule has 8 nitrogen and oxygen atoms in total. The molecule has 0 saturated carbocycles. The van der Waals surface area contributed by atoms with Crippen LogP contribution in [-0.4, -0.2) is 64.0 Å². The minimum atomic E-state index is -0.388. The number of amides is 2. The summed E-state index contributed by atoms with van der Waals surface area (Å²) >= 11 is 0. The first-order valence-corrected chi connectivity index (χ1v) is 10.8. The van der Waals surface area contributed by atoms with Crippen molar-refractivity contribution in [3.8, 4) is 11.5 Å². The third-order valence-electron chi connectivity index (χ3n) is 5.77. The molecule has 2 amide bonds. The molecule has 0 saturated heterocycles. The number of imide groups is 1. The topological polar surface area (TPSA) is 77.5 Å². The summed E-state index contributed by atoms with van der Waals surface area (Å²) in [5.41, 5.74) is 3.90. The SMILES string of the molecule is COCCN(CCOC)C1=C(c2ccc(C)cc2C)C(=O)N(c2ccc3c(c2)OCO3)C1=O. The van der Waals surface area contributed by atoms with E-state index < -0.39 is 0 Å². The van der Waals surface area contributed by atoms with Crippen molar-refractivity contribution in [2.45, 2.75) is 13.8 Å². The summed E-state index contributed by atoms with van der Waals surface area (Å²) in [6, 6.07) is 10.9. The van der Waals surface area contributed by atoms with Gasteiger partial charge in [0.15, 0.2) is 11.5 Å². The monoisotopic (exact) mass is 452 g/mol. The van der Waals surface area contributed by atoms with Crippen LogP contribution in [-0.2, 0) is 19.1 Å².